The van der Waals surface area contributed by atoms with Gasteiger partial charge in [-0.05, 0) is 78.8 Å². The highest BCUT2D eigenvalue weighted by Crippen LogP contribution is 2.56. The van der Waals surface area contributed by atoms with Crippen LogP contribution in [0.15, 0.2) is 58.9 Å². The van der Waals surface area contributed by atoms with Gasteiger partial charge in [-0.3, -0.25) is 9.59 Å². The second kappa shape index (κ2) is 12.2. The van der Waals surface area contributed by atoms with E-state index in [1.807, 2.05) is 19.1 Å². The molecule has 0 N–H and O–H groups in total. The molecule has 45 heavy (non-hydrogen) atoms. The third kappa shape index (κ3) is 6.32. The van der Waals surface area contributed by atoms with Crippen LogP contribution < -0.4 is 9.47 Å². The average molecular weight is 634 g/mol. The summed E-state index contributed by atoms with van der Waals surface area (Å²) in [6.45, 7) is 11.2. The largest absolute Gasteiger partial charge is 0.490 e. The SMILES string of the molecule is CCOc1cc(C2C3=C(CC(C)(C)CC3=O)N(C3CCCCC3)C3=C2C(=O)CC(C)(C)C3)cc(Cl)c1OCc1ccc(F)cc1. The van der Waals surface area contributed by atoms with Gasteiger partial charge in [0.1, 0.15) is 12.4 Å². The van der Waals surface area contributed by atoms with E-state index in [-0.39, 0.29) is 34.8 Å². The number of hydrogen-bond acceptors (Lipinski definition) is 5. The van der Waals surface area contributed by atoms with E-state index in [0.29, 0.717) is 42.0 Å². The van der Waals surface area contributed by atoms with Crippen LogP contribution in [0.1, 0.15) is 109 Å². The van der Waals surface area contributed by atoms with Gasteiger partial charge < -0.3 is 14.4 Å². The lowest BCUT2D eigenvalue weighted by Gasteiger charge is -2.52. The van der Waals surface area contributed by atoms with Gasteiger partial charge in [-0.25, -0.2) is 4.39 Å². The zero-order valence-corrected chi connectivity index (χ0v) is 28.0. The van der Waals surface area contributed by atoms with Crippen molar-refractivity contribution in [2.24, 2.45) is 10.8 Å². The fraction of sp³-hybridized carbons (Fsp3) is 0.526. The van der Waals surface area contributed by atoms with Crippen LogP contribution in [0.5, 0.6) is 11.5 Å². The van der Waals surface area contributed by atoms with E-state index in [4.69, 9.17) is 21.1 Å². The number of Topliss-reactive ketones (excluding diaryl/α,β-unsaturated/α-hetero) is 2. The van der Waals surface area contributed by atoms with E-state index in [0.717, 1.165) is 72.2 Å². The molecule has 7 heteroatoms. The first-order chi connectivity index (χ1) is 21.4. The quantitative estimate of drug-likeness (QED) is 0.304. The highest BCUT2D eigenvalue weighted by molar-refractivity contribution is 6.32. The van der Waals surface area contributed by atoms with Gasteiger partial charge in [0.25, 0.3) is 0 Å². The van der Waals surface area contributed by atoms with Crippen LogP contribution in [-0.4, -0.2) is 29.1 Å². The molecule has 0 radical (unpaired) electrons. The molecule has 0 saturated heterocycles. The molecule has 0 amide bonds. The topological polar surface area (TPSA) is 55.8 Å². The minimum absolute atomic E-state index is 0.113. The molecule has 0 aromatic heterocycles. The maximum Gasteiger partial charge on any atom is 0.180 e. The summed E-state index contributed by atoms with van der Waals surface area (Å²) in [5.41, 5.74) is 4.94. The molecule has 1 saturated carbocycles. The van der Waals surface area contributed by atoms with E-state index in [9.17, 15) is 14.0 Å². The summed E-state index contributed by atoms with van der Waals surface area (Å²) in [6.07, 6.45) is 8.16. The number of ketones is 2. The number of nitrogens with zero attached hydrogens (tertiary/aromatic N) is 1. The van der Waals surface area contributed by atoms with Crippen LogP contribution in [-0.2, 0) is 16.2 Å². The van der Waals surface area contributed by atoms with Crippen molar-refractivity contribution in [1.29, 1.82) is 0 Å². The Hall–Kier alpha value is -3.12. The molecule has 0 atom stereocenters. The predicted molar refractivity (Wildman–Crippen MR) is 175 cm³/mol. The number of carbonyl (C=O) groups excluding carboxylic acids is 2. The molecule has 4 aliphatic rings. The van der Waals surface area contributed by atoms with E-state index in [2.05, 4.69) is 32.6 Å². The number of ether oxygens (including phenoxy) is 2. The number of carbonyl (C=O) groups is 2. The van der Waals surface area contributed by atoms with Crippen molar-refractivity contribution >= 4 is 23.2 Å². The number of benzene rings is 2. The molecular formula is C38H45ClFNO4. The Morgan fingerprint density at radius 2 is 1.42 bits per heavy atom. The van der Waals surface area contributed by atoms with Gasteiger partial charge >= 0.3 is 0 Å². The lowest BCUT2D eigenvalue weighted by molar-refractivity contribution is -0.119. The molecular weight excluding hydrogens is 589 g/mol. The van der Waals surface area contributed by atoms with Gasteiger partial charge in [-0.15, -0.1) is 0 Å². The Bertz CT molecular complexity index is 1510. The van der Waals surface area contributed by atoms with Gasteiger partial charge in [-0.2, -0.15) is 0 Å². The Kier molecular flexibility index (Phi) is 8.66. The summed E-state index contributed by atoms with van der Waals surface area (Å²) in [7, 11) is 0. The minimum Gasteiger partial charge on any atom is -0.490 e. The minimum atomic E-state index is -0.509. The van der Waals surface area contributed by atoms with Crippen LogP contribution in [0.3, 0.4) is 0 Å². The molecule has 0 unspecified atom stereocenters. The van der Waals surface area contributed by atoms with Crippen molar-refractivity contribution in [3.63, 3.8) is 0 Å². The van der Waals surface area contributed by atoms with Crippen molar-refractivity contribution in [2.45, 2.75) is 111 Å². The fourth-order valence-corrected chi connectivity index (χ4v) is 8.28. The third-order valence-electron chi connectivity index (χ3n) is 9.85. The zero-order valence-electron chi connectivity index (χ0n) is 27.2. The summed E-state index contributed by atoms with van der Waals surface area (Å²) in [4.78, 5) is 31.0. The summed E-state index contributed by atoms with van der Waals surface area (Å²) in [5.74, 6) is 0.262. The van der Waals surface area contributed by atoms with Gasteiger partial charge in [0.05, 0.1) is 11.6 Å². The number of hydrogen-bond donors (Lipinski definition) is 0. The summed E-state index contributed by atoms with van der Waals surface area (Å²) in [5, 5.41) is 0.351. The normalized spacial score (nSPS) is 22.0. The number of halogens is 2. The first-order valence-electron chi connectivity index (χ1n) is 16.5. The molecule has 6 rings (SSSR count). The van der Waals surface area contributed by atoms with Gasteiger partial charge in [0.15, 0.2) is 23.1 Å². The first-order valence-corrected chi connectivity index (χ1v) is 16.9. The Labute approximate surface area is 271 Å². The van der Waals surface area contributed by atoms with E-state index in [1.54, 1.807) is 12.1 Å². The van der Waals surface area contributed by atoms with E-state index < -0.39 is 5.92 Å². The summed E-state index contributed by atoms with van der Waals surface area (Å²) >= 11 is 6.97. The van der Waals surface area contributed by atoms with Crippen LogP contribution >= 0.6 is 11.6 Å². The standard InChI is InChI=1S/C38H45ClFNO4/c1-6-44-32-17-24(16-27(39)36(32)45-22-23-12-14-25(40)15-13-23)33-34-28(18-37(2,3)20-30(34)42)41(26-10-8-7-9-11-26)29-19-38(4,5)21-31(43)35(29)33/h12-17,26,33H,6-11,18-22H2,1-5H3. The molecule has 240 valence electrons. The van der Waals surface area contributed by atoms with Crippen molar-refractivity contribution in [2.75, 3.05) is 6.61 Å². The highest BCUT2D eigenvalue weighted by Gasteiger charge is 2.50. The average Bonchev–Trinajstić information content (AvgIpc) is 2.96. The Morgan fingerprint density at radius 1 is 0.844 bits per heavy atom. The van der Waals surface area contributed by atoms with Crippen LogP contribution in [0.4, 0.5) is 4.39 Å². The van der Waals surface area contributed by atoms with Crippen LogP contribution in [0, 0.1) is 16.6 Å². The molecule has 0 bridgehead atoms. The summed E-state index contributed by atoms with van der Waals surface area (Å²) < 4.78 is 25.7. The molecule has 3 aliphatic carbocycles. The second-order valence-electron chi connectivity index (χ2n) is 14.9. The highest BCUT2D eigenvalue weighted by atomic mass is 35.5. The molecule has 1 heterocycles. The fourth-order valence-electron chi connectivity index (χ4n) is 8.00. The first kappa shape index (κ1) is 31.8. The van der Waals surface area contributed by atoms with Crippen molar-refractivity contribution in [3.05, 3.63) is 80.9 Å². The number of allylic oxidation sites excluding steroid dienone is 4. The van der Waals surface area contributed by atoms with Crippen molar-refractivity contribution in [1.82, 2.24) is 4.90 Å². The molecule has 2 aromatic carbocycles. The second-order valence-corrected chi connectivity index (χ2v) is 15.3. The maximum absolute atomic E-state index is 14.3. The van der Waals surface area contributed by atoms with Crippen molar-refractivity contribution in [3.8, 4) is 11.5 Å². The number of rotatable bonds is 7. The van der Waals surface area contributed by atoms with Gasteiger partial charge in [0, 0.05) is 47.3 Å². The van der Waals surface area contributed by atoms with Crippen molar-refractivity contribution < 1.29 is 23.5 Å². The predicted octanol–water partition coefficient (Wildman–Crippen LogP) is 9.48. The molecule has 2 aromatic rings. The Morgan fingerprint density at radius 3 is 1.98 bits per heavy atom. The molecule has 1 aliphatic heterocycles. The van der Waals surface area contributed by atoms with E-state index in [1.165, 1.54) is 18.6 Å². The van der Waals surface area contributed by atoms with Crippen LogP contribution in [0.25, 0.3) is 0 Å². The molecule has 0 spiro atoms. The maximum atomic E-state index is 14.3. The lowest BCUT2D eigenvalue weighted by Crippen LogP contribution is -2.48. The van der Waals surface area contributed by atoms with Crippen LogP contribution in [0.2, 0.25) is 5.02 Å². The zero-order chi connectivity index (χ0) is 32.1. The van der Waals surface area contributed by atoms with Gasteiger partial charge in [-0.1, -0.05) is 70.7 Å². The third-order valence-corrected chi connectivity index (χ3v) is 10.1. The summed E-state index contributed by atoms with van der Waals surface area (Å²) in [6, 6.07) is 10.2. The van der Waals surface area contributed by atoms with E-state index >= 15 is 0 Å². The smallest absolute Gasteiger partial charge is 0.180 e. The monoisotopic (exact) mass is 633 g/mol. The Balaban J connectivity index is 1.51. The lowest BCUT2D eigenvalue weighted by atomic mass is 9.63. The molecule has 1 fully saturated rings. The molecule has 5 nitrogen and oxygen atoms in total. The van der Waals surface area contributed by atoms with Gasteiger partial charge in [0.2, 0.25) is 0 Å².